The molecule has 1 unspecified atom stereocenters. The lowest BCUT2D eigenvalue weighted by Gasteiger charge is -2.07. The van der Waals surface area contributed by atoms with Crippen LogP contribution in [-0.2, 0) is 11.3 Å². The average Bonchev–Trinajstić information content (AvgIpc) is 3.03. The Bertz CT molecular complexity index is 665. The Balaban J connectivity index is 1.58. The van der Waals surface area contributed by atoms with Gasteiger partial charge in [-0.1, -0.05) is 30.0 Å². The third kappa shape index (κ3) is 2.96. The van der Waals surface area contributed by atoms with Gasteiger partial charge in [-0.05, 0) is 17.0 Å². The lowest BCUT2D eigenvalue weighted by molar-refractivity contribution is -0.120. The number of hydrogen-bond donors (Lipinski definition) is 4. The molecular formula is C14H15N3OS2. The van der Waals surface area contributed by atoms with Crippen molar-refractivity contribution in [1.29, 1.82) is 0 Å². The average molecular weight is 305 g/mol. The maximum absolute atomic E-state index is 11.9. The second-order valence-corrected chi connectivity index (χ2v) is 6.43. The van der Waals surface area contributed by atoms with Crippen LogP contribution in [0, 0.1) is 0 Å². The van der Waals surface area contributed by atoms with Crippen LogP contribution < -0.4 is 10.6 Å². The number of nitrogens with one attached hydrogen (secondary N) is 3. The fourth-order valence-corrected chi connectivity index (χ4v) is 3.19. The molecule has 0 saturated heterocycles. The SMILES string of the molecule is O=C(CC1=CSC(S)N1)NCc1c[nH]c2ccccc12. The van der Waals surface area contributed by atoms with Crippen LogP contribution in [0.2, 0.25) is 0 Å². The predicted octanol–water partition coefficient (Wildman–Crippen LogP) is 2.57. The van der Waals surface area contributed by atoms with E-state index in [0.717, 1.165) is 22.2 Å². The third-order valence-electron chi connectivity index (χ3n) is 3.15. The number of rotatable bonds is 4. The zero-order valence-electron chi connectivity index (χ0n) is 10.7. The summed E-state index contributed by atoms with van der Waals surface area (Å²) in [5, 5.41) is 9.17. The van der Waals surface area contributed by atoms with Crippen molar-refractivity contribution in [2.45, 2.75) is 17.7 Å². The first-order chi connectivity index (χ1) is 9.72. The zero-order chi connectivity index (χ0) is 13.9. The highest BCUT2D eigenvalue weighted by Crippen LogP contribution is 2.24. The summed E-state index contributed by atoms with van der Waals surface area (Å²) >= 11 is 5.85. The fourth-order valence-electron chi connectivity index (χ4n) is 2.17. The summed E-state index contributed by atoms with van der Waals surface area (Å²) in [5.74, 6) is 0.0112. The minimum atomic E-state index is 0.0112. The quantitative estimate of drug-likeness (QED) is 0.657. The van der Waals surface area contributed by atoms with Crippen molar-refractivity contribution < 1.29 is 4.79 Å². The molecule has 1 aliphatic heterocycles. The fraction of sp³-hybridized carbons (Fsp3) is 0.214. The van der Waals surface area contributed by atoms with Gasteiger partial charge in [0.2, 0.25) is 5.91 Å². The lowest BCUT2D eigenvalue weighted by Crippen LogP contribution is -2.26. The molecule has 2 heterocycles. The molecule has 6 heteroatoms. The van der Waals surface area contributed by atoms with Gasteiger partial charge in [-0.3, -0.25) is 4.79 Å². The first kappa shape index (κ1) is 13.5. The van der Waals surface area contributed by atoms with Crippen molar-refractivity contribution >= 4 is 41.2 Å². The Hall–Kier alpha value is -1.53. The highest BCUT2D eigenvalue weighted by atomic mass is 32.2. The number of thioether (sulfide) groups is 1. The van der Waals surface area contributed by atoms with Crippen molar-refractivity contribution in [3.63, 3.8) is 0 Å². The van der Waals surface area contributed by atoms with Crippen molar-refractivity contribution in [2.75, 3.05) is 0 Å². The summed E-state index contributed by atoms with van der Waals surface area (Å²) in [7, 11) is 0. The van der Waals surface area contributed by atoms with Gasteiger partial charge in [-0.25, -0.2) is 0 Å². The maximum Gasteiger partial charge on any atom is 0.226 e. The maximum atomic E-state index is 11.9. The molecule has 0 radical (unpaired) electrons. The highest BCUT2D eigenvalue weighted by molar-refractivity contribution is 8.12. The number of fused-ring (bicyclic) bond motifs is 1. The second kappa shape index (κ2) is 5.85. The summed E-state index contributed by atoms with van der Waals surface area (Å²) in [6, 6.07) is 8.07. The summed E-state index contributed by atoms with van der Waals surface area (Å²) in [6.07, 6.45) is 2.31. The highest BCUT2D eigenvalue weighted by Gasteiger charge is 2.15. The van der Waals surface area contributed by atoms with Crippen LogP contribution in [-0.4, -0.2) is 15.6 Å². The van der Waals surface area contributed by atoms with Gasteiger partial charge >= 0.3 is 0 Å². The van der Waals surface area contributed by atoms with Crippen LogP contribution in [0.4, 0.5) is 0 Å². The van der Waals surface area contributed by atoms with Gasteiger partial charge in [-0.2, -0.15) is 0 Å². The van der Waals surface area contributed by atoms with E-state index in [1.807, 2.05) is 29.8 Å². The molecule has 1 amide bonds. The smallest absolute Gasteiger partial charge is 0.226 e. The van der Waals surface area contributed by atoms with E-state index in [2.05, 4.69) is 34.3 Å². The normalized spacial score (nSPS) is 17.9. The van der Waals surface area contributed by atoms with Gasteiger partial charge in [0, 0.05) is 29.3 Å². The second-order valence-electron chi connectivity index (χ2n) is 4.59. The molecule has 0 fully saturated rings. The number of aromatic nitrogens is 1. The molecule has 1 aromatic carbocycles. The number of carbonyl (C=O) groups excluding carboxylic acids is 1. The Kier molecular flexibility index (Phi) is 3.93. The van der Waals surface area contributed by atoms with Crippen molar-refractivity contribution in [2.24, 2.45) is 0 Å². The summed E-state index contributed by atoms with van der Waals surface area (Å²) in [6.45, 7) is 0.535. The topological polar surface area (TPSA) is 56.9 Å². The number of H-pyrrole nitrogens is 1. The largest absolute Gasteiger partial charge is 0.367 e. The zero-order valence-corrected chi connectivity index (χ0v) is 12.4. The van der Waals surface area contributed by atoms with Gasteiger partial charge < -0.3 is 15.6 Å². The van der Waals surface area contributed by atoms with Crippen molar-refractivity contribution in [1.82, 2.24) is 15.6 Å². The van der Waals surface area contributed by atoms with Gasteiger partial charge in [0.25, 0.3) is 0 Å². The molecular weight excluding hydrogens is 290 g/mol. The van der Waals surface area contributed by atoms with Crippen LogP contribution in [0.25, 0.3) is 10.9 Å². The standard InChI is InChI=1S/C14H15N3OS2/c18-13(5-10-8-20-14(19)17-10)16-7-9-6-15-12-4-2-1-3-11(9)12/h1-4,6,8,14-15,17,19H,5,7H2,(H,16,18). The lowest BCUT2D eigenvalue weighted by atomic mass is 10.2. The summed E-state index contributed by atoms with van der Waals surface area (Å²) in [5.41, 5.74) is 3.11. The number of benzene rings is 1. The molecule has 0 spiro atoms. The van der Waals surface area contributed by atoms with Crippen molar-refractivity contribution in [3.8, 4) is 0 Å². The van der Waals surface area contributed by atoms with Crippen LogP contribution in [0.15, 0.2) is 41.6 Å². The number of hydrogen-bond acceptors (Lipinski definition) is 4. The molecule has 0 aliphatic carbocycles. The summed E-state index contributed by atoms with van der Waals surface area (Å²) in [4.78, 5) is 15.1. The molecule has 0 bridgehead atoms. The molecule has 104 valence electrons. The Morgan fingerprint density at radius 1 is 1.40 bits per heavy atom. The molecule has 3 N–H and O–H groups in total. The van der Waals surface area contributed by atoms with Crippen molar-refractivity contribution in [3.05, 3.63) is 47.1 Å². The Labute approximate surface area is 126 Å². The molecule has 4 nitrogen and oxygen atoms in total. The van der Waals surface area contributed by atoms with Crippen LogP contribution >= 0.6 is 24.4 Å². The minimum Gasteiger partial charge on any atom is -0.367 e. The number of amides is 1. The molecule has 1 aromatic heterocycles. The minimum absolute atomic E-state index is 0.0112. The Morgan fingerprint density at radius 2 is 2.25 bits per heavy atom. The number of para-hydroxylation sites is 1. The first-order valence-electron chi connectivity index (χ1n) is 6.33. The van der Waals surface area contributed by atoms with Crippen LogP contribution in [0.5, 0.6) is 0 Å². The molecule has 1 aliphatic rings. The van der Waals surface area contributed by atoms with E-state index in [4.69, 9.17) is 0 Å². The van der Waals surface area contributed by atoms with Crippen LogP contribution in [0.1, 0.15) is 12.0 Å². The Morgan fingerprint density at radius 3 is 3.05 bits per heavy atom. The first-order valence-corrected chi connectivity index (χ1v) is 7.79. The van der Waals surface area contributed by atoms with Gasteiger partial charge in [0.05, 0.1) is 6.42 Å². The molecule has 1 atom stereocenters. The van der Waals surface area contributed by atoms with E-state index in [9.17, 15) is 4.79 Å². The predicted molar refractivity (Wildman–Crippen MR) is 86.3 cm³/mol. The monoisotopic (exact) mass is 305 g/mol. The molecule has 0 saturated carbocycles. The summed E-state index contributed by atoms with van der Waals surface area (Å²) < 4.78 is 0.0615. The van der Waals surface area contributed by atoms with E-state index in [1.54, 1.807) is 11.8 Å². The number of thiol groups is 1. The number of aromatic amines is 1. The van der Waals surface area contributed by atoms with Gasteiger partial charge in [0.15, 0.2) is 0 Å². The van der Waals surface area contributed by atoms with Gasteiger partial charge in [-0.15, -0.1) is 12.6 Å². The van der Waals surface area contributed by atoms with E-state index < -0.39 is 0 Å². The van der Waals surface area contributed by atoms with E-state index in [-0.39, 0.29) is 10.6 Å². The molecule has 20 heavy (non-hydrogen) atoms. The van der Waals surface area contributed by atoms with E-state index in [0.29, 0.717) is 13.0 Å². The number of carbonyl (C=O) groups is 1. The molecule has 3 rings (SSSR count). The van der Waals surface area contributed by atoms with Crippen LogP contribution in [0.3, 0.4) is 0 Å². The van der Waals surface area contributed by atoms with E-state index >= 15 is 0 Å². The third-order valence-corrected chi connectivity index (χ3v) is 4.44. The molecule has 2 aromatic rings. The van der Waals surface area contributed by atoms with E-state index in [1.165, 1.54) is 0 Å². The van der Waals surface area contributed by atoms with Gasteiger partial charge in [0.1, 0.15) is 4.71 Å².